The molecule has 0 spiro atoms. The third-order valence-corrected chi connectivity index (χ3v) is 4.09. The fourth-order valence-electron chi connectivity index (χ4n) is 2.61. The van der Waals surface area contributed by atoms with Gasteiger partial charge in [0, 0.05) is 6.54 Å². The summed E-state index contributed by atoms with van der Waals surface area (Å²) in [6.07, 6.45) is 0. The van der Waals surface area contributed by atoms with E-state index in [-0.39, 0.29) is 18.6 Å². The summed E-state index contributed by atoms with van der Waals surface area (Å²) in [5.74, 6) is 1.46. The van der Waals surface area contributed by atoms with Crippen LogP contribution >= 0.6 is 0 Å². The standard InChI is InChI=1S/C20H25NO3/c1-5-21(16(3)17-7-6-8-19(13-17)23-4)20(22)14-24-18-11-9-15(2)10-12-18/h6-13,16H,5,14H2,1-4H3/t16-/m1/s1. The number of nitrogens with zero attached hydrogens (tertiary/aromatic N) is 1. The lowest BCUT2D eigenvalue weighted by Crippen LogP contribution is -2.36. The van der Waals surface area contributed by atoms with Gasteiger partial charge in [-0.25, -0.2) is 0 Å². The van der Waals surface area contributed by atoms with Crippen molar-refractivity contribution in [1.29, 1.82) is 0 Å². The molecule has 0 unspecified atom stereocenters. The number of hydrogen-bond donors (Lipinski definition) is 0. The Labute approximate surface area is 144 Å². The van der Waals surface area contributed by atoms with E-state index in [2.05, 4.69) is 0 Å². The van der Waals surface area contributed by atoms with Gasteiger partial charge in [-0.2, -0.15) is 0 Å². The highest BCUT2D eigenvalue weighted by Crippen LogP contribution is 2.24. The van der Waals surface area contributed by atoms with E-state index in [1.807, 2.05) is 74.2 Å². The van der Waals surface area contributed by atoms with Gasteiger partial charge in [-0.05, 0) is 50.6 Å². The van der Waals surface area contributed by atoms with Crippen LogP contribution in [0, 0.1) is 6.92 Å². The van der Waals surface area contributed by atoms with E-state index in [1.165, 1.54) is 0 Å². The fourth-order valence-corrected chi connectivity index (χ4v) is 2.61. The van der Waals surface area contributed by atoms with Crippen molar-refractivity contribution in [3.63, 3.8) is 0 Å². The number of likely N-dealkylation sites (N-methyl/N-ethyl adjacent to an activating group) is 1. The summed E-state index contributed by atoms with van der Waals surface area (Å²) in [6, 6.07) is 15.5. The van der Waals surface area contributed by atoms with Crippen LogP contribution < -0.4 is 9.47 Å². The van der Waals surface area contributed by atoms with E-state index in [0.717, 1.165) is 16.9 Å². The zero-order chi connectivity index (χ0) is 17.5. The van der Waals surface area contributed by atoms with Crippen molar-refractivity contribution in [3.05, 3.63) is 59.7 Å². The molecule has 2 aromatic carbocycles. The van der Waals surface area contributed by atoms with Crippen molar-refractivity contribution >= 4 is 5.91 Å². The molecule has 0 aliphatic carbocycles. The Balaban J connectivity index is 2.03. The molecule has 128 valence electrons. The Morgan fingerprint density at radius 3 is 2.46 bits per heavy atom. The van der Waals surface area contributed by atoms with E-state index in [1.54, 1.807) is 7.11 Å². The van der Waals surface area contributed by atoms with Crippen LogP contribution in [-0.2, 0) is 4.79 Å². The van der Waals surface area contributed by atoms with Crippen LogP contribution in [0.25, 0.3) is 0 Å². The number of carbonyl (C=O) groups is 1. The molecule has 0 saturated heterocycles. The fraction of sp³-hybridized carbons (Fsp3) is 0.350. The molecule has 4 nitrogen and oxygen atoms in total. The first-order valence-electron chi connectivity index (χ1n) is 8.18. The highest BCUT2D eigenvalue weighted by molar-refractivity contribution is 5.78. The average molecular weight is 327 g/mol. The number of benzene rings is 2. The maximum Gasteiger partial charge on any atom is 0.260 e. The Morgan fingerprint density at radius 1 is 1.12 bits per heavy atom. The number of aryl methyl sites for hydroxylation is 1. The first-order chi connectivity index (χ1) is 11.5. The second kappa shape index (κ2) is 8.39. The van der Waals surface area contributed by atoms with Gasteiger partial charge in [0.1, 0.15) is 11.5 Å². The van der Waals surface area contributed by atoms with E-state index in [4.69, 9.17) is 9.47 Å². The molecule has 4 heteroatoms. The molecule has 2 rings (SSSR count). The molecular weight excluding hydrogens is 302 g/mol. The number of hydrogen-bond acceptors (Lipinski definition) is 3. The summed E-state index contributed by atoms with van der Waals surface area (Å²) < 4.78 is 10.9. The number of methoxy groups -OCH3 is 1. The van der Waals surface area contributed by atoms with Crippen LogP contribution in [0.2, 0.25) is 0 Å². The van der Waals surface area contributed by atoms with Crippen molar-refractivity contribution in [1.82, 2.24) is 4.90 Å². The van der Waals surface area contributed by atoms with E-state index < -0.39 is 0 Å². The number of rotatable bonds is 7. The van der Waals surface area contributed by atoms with E-state index >= 15 is 0 Å². The van der Waals surface area contributed by atoms with Crippen molar-refractivity contribution in [2.45, 2.75) is 26.8 Å². The minimum Gasteiger partial charge on any atom is -0.497 e. The molecule has 0 saturated carbocycles. The van der Waals surface area contributed by atoms with Gasteiger partial charge >= 0.3 is 0 Å². The minimum absolute atomic E-state index is 0.0329. The third-order valence-electron chi connectivity index (χ3n) is 4.09. The summed E-state index contributed by atoms with van der Waals surface area (Å²) in [5, 5.41) is 0. The van der Waals surface area contributed by atoms with Crippen molar-refractivity contribution in [3.8, 4) is 11.5 Å². The molecule has 0 fully saturated rings. The van der Waals surface area contributed by atoms with Crippen molar-refractivity contribution in [2.24, 2.45) is 0 Å². The maximum atomic E-state index is 12.6. The SMILES string of the molecule is CCN(C(=O)COc1ccc(C)cc1)[C@H](C)c1cccc(OC)c1. The largest absolute Gasteiger partial charge is 0.497 e. The lowest BCUT2D eigenvalue weighted by atomic mass is 10.1. The minimum atomic E-state index is -0.0424. The number of carbonyl (C=O) groups excluding carboxylic acids is 1. The number of amides is 1. The molecular formula is C20H25NO3. The van der Waals surface area contributed by atoms with Crippen LogP contribution in [0.5, 0.6) is 11.5 Å². The maximum absolute atomic E-state index is 12.6. The van der Waals surface area contributed by atoms with Crippen LogP contribution in [0.15, 0.2) is 48.5 Å². The summed E-state index contributed by atoms with van der Waals surface area (Å²) in [6.45, 7) is 6.66. The Hall–Kier alpha value is -2.49. The monoisotopic (exact) mass is 327 g/mol. The van der Waals surface area contributed by atoms with Gasteiger partial charge in [0.05, 0.1) is 13.2 Å². The molecule has 0 N–H and O–H groups in total. The lowest BCUT2D eigenvalue weighted by molar-refractivity contribution is -0.135. The predicted octanol–water partition coefficient (Wildman–Crippen LogP) is 3.99. The summed E-state index contributed by atoms with van der Waals surface area (Å²) >= 11 is 0. The Kier molecular flexibility index (Phi) is 6.24. The van der Waals surface area contributed by atoms with Crippen molar-refractivity contribution < 1.29 is 14.3 Å². The molecule has 0 aromatic heterocycles. The smallest absolute Gasteiger partial charge is 0.260 e. The zero-order valence-corrected chi connectivity index (χ0v) is 14.8. The molecule has 0 radical (unpaired) electrons. The summed E-state index contributed by atoms with van der Waals surface area (Å²) in [7, 11) is 1.64. The Bertz CT molecular complexity index is 667. The first kappa shape index (κ1) is 17.9. The third kappa shape index (κ3) is 4.51. The van der Waals surface area contributed by atoms with Crippen LogP contribution in [0.4, 0.5) is 0 Å². The highest BCUT2D eigenvalue weighted by atomic mass is 16.5. The van der Waals surface area contributed by atoms with Gasteiger partial charge in [0.15, 0.2) is 6.61 Å². The first-order valence-corrected chi connectivity index (χ1v) is 8.18. The van der Waals surface area contributed by atoms with E-state index in [0.29, 0.717) is 12.3 Å². The molecule has 0 aliphatic rings. The van der Waals surface area contributed by atoms with Gasteiger partial charge in [-0.15, -0.1) is 0 Å². The highest BCUT2D eigenvalue weighted by Gasteiger charge is 2.20. The molecule has 0 heterocycles. The molecule has 1 amide bonds. The van der Waals surface area contributed by atoms with Gasteiger partial charge in [-0.1, -0.05) is 29.8 Å². The molecule has 0 aliphatic heterocycles. The van der Waals surface area contributed by atoms with Crippen LogP contribution in [-0.4, -0.2) is 31.1 Å². The van der Waals surface area contributed by atoms with Gasteiger partial charge < -0.3 is 14.4 Å². The lowest BCUT2D eigenvalue weighted by Gasteiger charge is -2.28. The van der Waals surface area contributed by atoms with Crippen LogP contribution in [0.1, 0.15) is 31.0 Å². The predicted molar refractivity (Wildman–Crippen MR) is 95.5 cm³/mol. The summed E-state index contributed by atoms with van der Waals surface area (Å²) in [4.78, 5) is 14.4. The van der Waals surface area contributed by atoms with Crippen LogP contribution in [0.3, 0.4) is 0 Å². The normalized spacial score (nSPS) is 11.7. The zero-order valence-electron chi connectivity index (χ0n) is 14.8. The second-order valence-electron chi connectivity index (χ2n) is 5.73. The second-order valence-corrected chi connectivity index (χ2v) is 5.73. The van der Waals surface area contributed by atoms with E-state index in [9.17, 15) is 4.79 Å². The van der Waals surface area contributed by atoms with Gasteiger partial charge in [-0.3, -0.25) is 4.79 Å². The Morgan fingerprint density at radius 2 is 1.83 bits per heavy atom. The molecule has 1 atom stereocenters. The van der Waals surface area contributed by atoms with Crippen molar-refractivity contribution in [2.75, 3.05) is 20.3 Å². The molecule has 2 aromatic rings. The average Bonchev–Trinajstić information content (AvgIpc) is 2.61. The van der Waals surface area contributed by atoms with Gasteiger partial charge in [0.2, 0.25) is 0 Å². The quantitative estimate of drug-likeness (QED) is 0.772. The summed E-state index contributed by atoms with van der Waals surface area (Å²) in [5.41, 5.74) is 2.20. The number of ether oxygens (including phenoxy) is 2. The van der Waals surface area contributed by atoms with Gasteiger partial charge in [0.25, 0.3) is 5.91 Å². The molecule has 24 heavy (non-hydrogen) atoms. The molecule has 0 bridgehead atoms. The topological polar surface area (TPSA) is 38.8 Å².